The molecule has 1 aromatic rings. The summed E-state index contributed by atoms with van der Waals surface area (Å²) in [4.78, 5) is 25.8. The molecule has 0 bridgehead atoms. The lowest BCUT2D eigenvalue weighted by Crippen LogP contribution is -2.30. The van der Waals surface area contributed by atoms with Gasteiger partial charge in [0.2, 0.25) is 0 Å². The summed E-state index contributed by atoms with van der Waals surface area (Å²) in [5.41, 5.74) is -0.0834. The molecule has 0 aromatic carbocycles. The zero-order chi connectivity index (χ0) is 14.8. The molecule has 5 nitrogen and oxygen atoms in total. The van der Waals surface area contributed by atoms with Gasteiger partial charge < -0.3 is 5.11 Å². The zero-order valence-electron chi connectivity index (χ0n) is 10.4. The van der Waals surface area contributed by atoms with Crippen molar-refractivity contribution in [1.82, 2.24) is 9.55 Å². The van der Waals surface area contributed by atoms with Gasteiger partial charge in [-0.3, -0.25) is 9.36 Å². The average molecular weight is 278 g/mol. The van der Waals surface area contributed by atoms with Crippen molar-refractivity contribution < 1.29 is 23.1 Å². The van der Waals surface area contributed by atoms with Gasteiger partial charge in [-0.25, -0.2) is 4.79 Å². The number of hydrogen-bond donors (Lipinski definition) is 1. The van der Waals surface area contributed by atoms with E-state index in [0.717, 1.165) is 4.57 Å². The second-order valence-corrected chi connectivity index (χ2v) is 4.13. The first kappa shape index (κ1) is 15.2. The number of aryl methyl sites for hydroxylation is 1. The topological polar surface area (TPSA) is 72.2 Å². The molecule has 8 heteroatoms. The number of nitrogens with zero attached hydrogens (tertiary/aromatic N) is 2. The van der Waals surface area contributed by atoms with Crippen LogP contribution in [-0.4, -0.2) is 26.8 Å². The van der Waals surface area contributed by atoms with E-state index in [4.69, 9.17) is 5.11 Å². The molecule has 1 N–H and O–H groups in total. The molecule has 0 unspecified atom stereocenters. The minimum absolute atomic E-state index is 0.212. The number of carboxylic acid groups (broad SMARTS) is 1. The van der Waals surface area contributed by atoms with Crippen LogP contribution in [0.5, 0.6) is 0 Å². The Morgan fingerprint density at radius 1 is 1.37 bits per heavy atom. The van der Waals surface area contributed by atoms with Crippen molar-refractivity contribution >= 4 is 5.97 Å². The lowest BCUT2D eigenvalue weighted by molar-refractivity contribution is -0.138. The third-order valence-electron chi connectivity index (χ3n) is 2.72. The second-order valence-electron chi connectivity index (χ2n) is 4.13. The molecule has 0 aliphatic carbocycles. The third kappa shape index (κ3) is 4.08. The molecule has 0 saturated heterocycles. The predicted octanol–water partition coefficient (Wildman–Crippen LogP) is 1.44. The first-order valence-electron chi connectivity index (χ1n) is 5.47. The number of carbonyl (C=O) groups is 1. The van der Waals surface area contributed by atoms with Crippen molar-refractivity contribution in [2.75, 3.05) is 0 Å². The van der Waals surface area contributed by atoms with Crippen molar-refractivity contribution in [2.45, 2.75) is 39.4 Å². The molecule has 0 saturated carbocycles. The highest BCUT2D eigenvalue weighted by molar-refractivity contribution is 5.70. The van der Waals surface area contributed by atoms with Gasteiger partial charge in [0.1, 0.15) is 0 Å². The molecule has 1 rings (SSSR count). The predicted molar refractivity (Wildman–Crippen MR) is 60.0 cm³/mol. The van der Waals surface area contributed by atoms with Gasteiger partial charge in [-0.1, -0.05) is 0 Å². The van der Waals surface area contributed by atoms with E-state index >= 15 is 0 Å². The van der Waals surface area contributed by atoms with E-state index in [2.05, 4.69) is 4.98 Å². The van der Waals surface area contributed by atoms with Crippen LogP contribution in [0.15, 0.2) is 4.79 Å². The van der Waals surface area contributed by atoms with Crippen LogP contribution < -0.4 is 5.69 Å². The second kappa shape index (κ2) is 5.41. The van der Waals surface area contributed by atoms with Gasteiger partial charge in [-0.15, -0.1) is 0 Å². The van der Waals surface area contributed by atoms with E-state index < -0.39 is 30.8 Å². The van der Waals surface area contributed by atoms with Crippen molar-refractivity contribution in [2.24, 2.45) is 0 Å². The number of aliphatic carboxylic acids is 1. The van der Waals surface area contributed by atoms with Crippen LogP contribution in [0.1, 0.15) is 23.4 Å². The monoisotopic (exact) mass is 278 g/mol. The van der Waals surface area contributed by atoms with Gasteiger partial charge >= 0.3 is 17.8 Å². The van der Waals surface area contributed by atoms with Gasteiger partial charge in [0.05, 0.1) is 12.8 Å². The molecule has 0 aliphatic heterocycles. The standard InChI is InChI=1S/C11H13F3N2O3/c1-6-8(5-9(17)18)7(2)16(10(19)15-6)4-3-11(12,13)14/h3-5H2,1-2H3,(H,17,18). The quantitative estimate of drug-likeness (QED) is 0.904. The number of alkyl halides is 3. The number of aromatic nitrogens is 2. The fraction of sp³-hybridized carbons (Fsp3) is 0.545. The number of hydrogen-bond acceptors (Lipinski definition) is 3. The van der Waals surface area contributed by atoms with E-state index in [1.54, 1.807) is 0 Å². The first-order valence-corrected chi connectivity index (χ1v) is 5.47. The summed E-state index contributed by atoms with van der Waals surface area (Å²) >= 11 is 0. The maximum atomic E-state index is 12.2. The summed E-state index contributed by atoms with van der Waals surface area (Å²) < 4.78 is 37.4. The Hall–Kier alpha value is -1.86. The van der Waals surface area contributed by atoms with Crippen LogP contribution >= 0.6 is 0 Å². The Kier molecular flexibility index (Phi) is 4.33. The van der Waals surface area contributed by atoms with E-state index in [1.165, 1.54) is 13.8 Å². The first-order chi connectivity index (χ1) is 8.61. The Labute approximate surface area is 106 Å². The van der Waals surface area contributed by atoms with E-state index in [9.17, 15) is 22.8 Å². The van der Waals surface area contributed by atoms with Crippen LogP contribution in [0.3, 0.4) is 0 Å². The number of halogens is 3. The van der Waals surface area contributed by atoms with Crippen LogP contribution in [0, 0.1) is 13.8 Å². The Bertz CT molecular complexity index is 549. The van der Waals surface area contributed by atoms with E-state index in [1.807, 2.05) is 0 Å². The van der Waals surface area contributed by atoms with E-state index in [-0.39, 0.29) is 23.4 Å². The average Bonchev–Trinajstić information content (AvgIpc) is 2.21. The molecule has 0 radical (unpaired) electrons. The lowest BCUT2D eigenvalue weighted by atomic mass is 10.1. The summed E-state index contributed by atoms with van der Waals surface area (Å²) in [6, 6.07) is 0. The molecule has 1 aromatic heterocycles. The fourth-order valence-electron chi connectivity index (χ4n) is 1.75. The minimum Gasteiger partial charge on any atom is -0.481 e. The summed E-state index contributed by atoms with van der Waals surface area (Å²) in [7, 11) is 0. The Morgan fingerprint density at radius 3 is 2.42 bits per heavy atom. The molecular formula is C11H13F3N2O3. The highest BCUT2D eigenvalue weighted by Crippen LogP contribution is 2.20. The van der Waals surface area contributed by atoms with Crippen molar-refractivity contribution in [3.05, 3.63) is 27.4 Å². The van der Waals surface area contributed by atoms with Crippen molar-refractivity contribution in [3.8, 4) is 0 Å². The van der Waals surface area contributed by atoms with Gasteiger partial charge in [0.25, 0.3) is 0 Å². The molecule has 19 heavy (non-hydrogen) atoms. The molecule has 106 valence electrons. The summed E-state index contributed by atoms with van der Waals surface area (Å²) in [6.07, 6.45) is -5.92. The normalized spacial score (nSPS) is 11.6. The van der Waals surface area contributed by atoms with Crippen LogP contribution in [0.25, 0.3) is 0 Å². The third-order valence-corrected chi connectivity index (χ3v) is 2.72. The summed E-state index contributed by atoms with van der Waals surface area (Å²) in [5.74, 6) is -1.13. The largest absolute Gasteiger partial charge is 0.481 e. The zero-order valence-corrected chi connectivity index (χ0v) is 10.4. The van der Waals surface area contributed by atoms with Gasteiger partial charge in [0.15, 0.2) is 0 Å². The molecular weight excluding hydrogens is 265 g/mol. The summed E-state index contributed by atoms with van der Waals surface area (Å²) in [6.45, 7) is 2.32. The SMILES string of the molecule is Cc1nc(=O)n(CCC(F)(F)F)c(C)c1CC(=O)O. The molecule has 0 aliphatic rings. The Balaban J connectivity index is 3.18. The molecule has 0 amide bonds. The number of carboxylic acids is 1. The molecule has 0 spiro atoms. The van der Waals surface area contributed by atoms with E-state index in [0.29, 0.717) is 0 Å². The van der Waals surface area contributed by atoms with Crippen molar-refractivity contribution in [1.29, 1.82) is 0 Å². The highest BCUT2D eigenvalue weighted by atomic mass is 19.4. The van der Waals surface area contributed by atoms with Crippen molar-refractivity contribution in [3.63, 3.8) is 0 Å². The Morgan fingerprint density at radius 2 is 1.95 bits per heavy atom. The maximum absolute atomic E-state index is 12.2. The van der Waals surface area contributed by atoms with Crippen LogP contribution in [-0.2, 0) is 17.8 Å². The van der Waals surface area contributed by atoms with Gasteiger partial charge in [-0.05, 0) is 13.8 Å². The molecule has 0 atom stereocenters. The smallest absolute Gasteiger partial charge is 0.390 e. The molecule has 1 heterocycles. The van der Waals surface area contributed by atoms with Crippen LogP contribution in [0.4, 0.5) is 13.2 Å². The summed E-state index contributed by atoms with van der Waals surface area (Å²) in [5, 5.41) is 8.74. The van der Waals surface area contributed by atoms with Gasteiger partial charge in [0, 0.05) is 23.5 Å². The highest BCUT2D eigenvalue weighted by Gasteiger charge is 2.27. The lowest BCUT2D eigenvalue weighted by Gasteiger charge is -2.15. The minimum atomic E-state index is -4.39. The maximum Gasteiger partial charge on any atom is 0.390 e. The number of rotatable bonds is 4. The fourth-order valence-corrected chi connectivity index (χ4v) is 1.75. The van der Waals surface area contributed by atoms with Gasteiger partial charge in [-0.2, -0.15) is 18.2 Å². The van der Waals surface area contributed by atoms with Crippen LogP contribution in [0.2, 0.25) is 0 Å². The molecule has 0 fully saturated rings.